The van der Waals surface area contributed by atoms with E-state index in [4.69, 9.17) is 9.47 Å². The van der Waals surface area contributed by atoms with Gasteiger partial charge >= 0.3 is 0 Å². The van der Waals surface area contributed by atoms with Crippen LogP contribution in [0, 0.1) is 30.1 Å². The van der Waals surface area contributed by atoms with E-state index in [1.165, 1.54) is 11.8 Å². The number of anilines is 2. The fraction of sp³-hybridized carbons (Fsp3) is 0.407. The van der Waals surface area contributed by atoms with Crippen LogP contribution in [0.1, 0.15) is 44.2 Å². The van der Waals surface area contributed by atoms with Crippen molar-refractivity contribution in [1.29, 1.82) is 5.26 Å². The zero-order valence-corrected chi connectivity index (χ0v) is 20.0. The molecule has 3 fully saturated rings. The standard InChI is InChI=1S/C27H27N3O5/c1-16-14-20(7-4-18(16)15-28)30-24(32)22-23(25(30)33)27(11-10-26(22,3)35-27)12-13-34-21-8-5-19(6-9-21)29-17(2)31/h4-9,14,22-23H,10-13H2,1-3H3,(H,29,31)/t22-,23+,26?,27?/m0/s1. The second kappa shape index (κ2) is 8.21. The third-order valence-corrected chi connectivity index (χ3v) is 7.57. The lowest BCUT2D eigenvalue weighted by Gasteiger charge is -2.31. The molecule has 0 spiro atoms. The second-order valence-electron chi connectivity index (χ2n) is 9.86. The minimum absolute atomic E-state index is 0.143. The molecule has 8 heteroatoms. The van der Waals surface area contributed by atoms with E-state index in [1.54, 1.807) is 49.4 Å². The van der Waals surface area contributed by atoms with Crippen molar-refractivity contribution in [3.63, 3.8) is 0 Å². The van der Waals surface area contributed by atoms with Gasteiger partial charge in [-0.05, 0) is 74.7 Å². The summed E-state index contributed by atoms with van der Waals surface area (Å²) in [6.07, 6.45) is 1.88. The molecule has 3 heterocycles. The first kappa shape index (κ1) is 23.1. The number of fused-ring (bicyclic) bond motifs is 5. The highest BCUT2D eigenvalue weighted by atomic mass is 16.5. The molecular weight excluding hydrogens is 446 g/mol. The lowest BCUT2D eigenvalue weighted by molar-refractivity contribution is -0.131. The van der Waals surface area contributed by atoms with Crippen LogP contribution in [-0.2, 0) is 19.1 Å². The van der Waals surface area contributed by atoms with Crippen LogP contribution in [0.3, 0.4) is 0 Å². The number of nitrogens with zero attached hydrogens (tertiary/aromatic N) is 2. The van der Waals surface area contributed by atoms with Gasteiger partial charge in [-0.1, -0.05) is 0 Å². The number of hydrogen-bond donors (Lipinski definition) is 1. The monoisotopic (exact) mass is 473 g/mol. The van der Waals surface area contributed by atoms with Gasteiger partial charge < -0.3 is 14.8 Å². The van der Waals surface area contributed by atoms with Crippen molar-refractivity contribution in [2.45, 2.75) is 51.2 Å². The van der Waals surface area contributed by atoms with Crippen LogP contribution < -0.4 is 15.0 Å². The first-order chi connectivity index (χ1) is 16.7. The van der Waals surface area contributed by atoms with Crippen molar-refractivity contribution in [3.05, 3.63) is 53.6 Å². The Morgan fingerprint density at radius 1 is 1.17 bits per heavy atom. The average Bonchev–Trinajstić information content (AvgIpc) is 3.39. The maximum Gasteiger partial charge on any atom is 0.240 e. The van der Waals surface area contributed by atoms with E-state index in [2.05, 4.69) is 11.4 Å². The molecule has 35 heavy (non-hydrogen) atoms. The van der Waals surface area contributed by atoms with Crippen LogP contribution in [0.4, 0.5) is 11.4 Å². The number of imide groups is 1. The first-order valence-electron chi connectivity index (χ1n) is 11.8. The van der Waals surface area contributed by atoms with E-state index < -0.39 is 23.0 Å². The normalized spacial score (nSPS) is 28.7. The van der Waals surface area contributed by atoms with Crippen LogP contribution >= 0.6 is 0 Å². The Morgan fingerprint density at radius 2 is 1.89 bits per heavy atom. The molecule has 3 saturated heterocycles. The molecule has 2 bridgehead atoms. The van der Waals surface area contributed by atoms with Gasteiger partial charge in [0.25, 0.3) is 0 Å². The summed E-state index contributed by atoms with van der Waals surface area (Å²) in [5.41, 5.74) is 0.986. The zero-order chi connectivity index (χ0) is 25.0. The molecule has 180 valence electrons. The van der Waals surface area contributed by atoms with Crippen LogP contribution in [-0.4, -0.2) is 35.5 Å². The third kappa shape index (κ3) is 3.67. The van der Waals surface area contributed by atoms with Crippen LogP contribution in [0.25, 0.3) is 0 Å². The van der Waals surface area contributed by atoms with Gasteiger partial charge in [0.15, 0.2) is 0 Å². The van der Waals surface area contributed by atoms with Crippen LogP contribution in [0.15, 0.2) is 42.5 Å². The number of nitriles is 1. The molecule has 2 aromatic carbocycles. The van der Waals surface area contributed by atoms with Crippen molar-refractivity contribution in [2.75, 3.05) is 16.8 Å². The molecule has 0 aromatic heterocycles. The molecule has 0 aliphatic carbocycles. The number of hydrogen-bond acceptors (Lipinski definition) is 6. The van der Waals surface area contributed by atoms with Gasteiger partial charge in [0.05, 0.1) is 47.0 Å². The van der Waals surface area contributed by atoms with Gasteiger partial charge in [0.1, 0.15) is 5.75 Å². The number of amides is 3. The molecule has 3 amide bonds. The van der Waals surface area contributed by atoms with Crippen LogP contribution in [0.2, 0.25) is 0 Å². The number of ether oxygens (including phenoxy) is 2. The molecular formula is C27H27N3O5. The minimum atomic E-state index is -0.751. The Kier molecular flexibility index (Phi) is 5.41. The summed E-state index contributed by atoms with van der Waals surface area (Å²) in [5, 5.41) is 11.9. The third-order valence-electron chi connectivity index (χ3n) is 7.57. The summed E-state index contributed by atoms with van der Waals surface area (Å²) >= 11 is 0. The van der Waals surface area contributed by atoms with Gasteiger partial charge in [-0.25, -0.2) is 4.90 Å². The summed E-state index contributed by atoms with van der Waals surface area (Å²) in [5.74, 6) is -1.06. The average molecular weight is 474 g/mol. The van der Waals surface area contributed by atoms with E-state index in [1.807, 2.05) is 6.92 Å². The van der Waals surface area contributed by atoms with Gasteiger partial charge in [-0.15, -0.1) is 0 Å². The summed E-state index contributed by atoms with van der Waals surface area (Å²) in [4.78, 5) is 39.6. The Bertz CT molecular complexity index is 1270. The molecule has 2 aromatic rings. The smallest absolute Gasteiger partial charge is 0.240 e. The maximum atomic E-state index is 13.6. The highest BCUT2D eigenvalue weighted by Gasteiger charge is 2.73. The SMILES string of the molecule is CC(=O)Nc1ccc(OCCC23CCC(C)(O2)[C@@H]2C(=O)N(c4ccc(C#N)c(C)c4)C(=O)[C@@H]23)cc1. The zero-order valence-electron chi connectivity index (χ0n) is 20.0. The van der Waals surface area contributed by atoms with Crippen molar-refractivity contribution in [1.82, 2.24) is 0 Å². The van der Waals surface area contributed by atoms with Crippen molar-refractivity contribution in [2.24, 2.45) is 11.8 Å². The van der Waals surface area contributed by atoms with Gasteiger partial charge in [0.2, 0.25) is 17.7 Å². The first-order valence-corrected chi connectivity index (χ1v) is 11.8. The van der Waals surface area contributed by atoms with E-state index in [0.29, 0.717) is 48.6 Å². The maximum absolute atomic E-state index is 13.6. The summed E-state index contributed by atoms with van der Waals surface area (Å²) < 4.78 is 12.4. The fourth-order valence-electron chi connectivity index (χ4n) is 5.96. The van der Waals surface area contributed by atoms with E-state index >= 15 is 0 Å². The highest BCUT2D eigenvalue weighted by Crippen LogP contribution is 2.62. The van der Waals surface area contributed by atoms with Crippen molar-refractivity contribution < 1.29 is 23.9 Å². The van der Waals surface area contributed by atoms with Gasteiger partial charge in [-0.2, -0.15) is 5.26 Å². The Morgan fingerprint density at radius 3 is 2.54 bits per heavy atom. The number of aryl methyl sites for hydroxylation is 1. The van der Waals surface area contributed by atoms with Gasteiger partial charge in [0, 0.05) is 19.0 Å². The Hall–Kier alpha value is -3.70. The number of carbonyl (C=O) groups is 3. The summed E-state index contributed by atoms with van der Waals surface area (Å²) in [6.45, 7) is 5.51. The Balaban J connectivity index is 1.34. The lowest BCUT2D eigenvalue weighted by atomic mass is 9.67. The van der Waals surface area contributed by atoms with Crippen molar-refractivity contribution in [3.8, 4) is 11.8 Å². The van der Waals surface area contributed by atoms with E-state index in [9.17, 15) is 19.6 Å². The summed E-state index contributed by atoms with van der Waals surface area (Å²) in [6, 6.07) is 14.2. The molecule has 3 aliphatic heterocycles. The number of benzene rings is 2. The highest BCUT2D eigenvalue weighted by molar-refractivity contribution is 6.23. The largest absolute Gasteiger partial charge is 0.493 e. The molecule has 5 rings (SSSR count). The molecule has 0 saturated carbocycles. The predicted molar refractivity (Wildman–Crippen MR) is 128 cm³/mol. The Labute approximate surface area is 203 Å². The number of carbonyl (C=O) groups excluding carboxylic acids is 3. The summed E-state index contributed by atoms with van der Waals surface area (Å²) in [7, 11) is 0. The molecule has 1 N–H and O–H groups in total. The fourth-order valence-corrected chi connectivity index (χ4v) is 5.96. The molecule has 4 atom stereocenters. The second-order valence-corrected chi connectivity index (χ2v) is 9.86. The minimum Gasteiger partial charge on any atom is -0.493 e. The molecule has 2 unspecified atom stereocenters. The predicted octanol–water partition coefficient (Wildman–Crippen LogP) is 3.72. The lowest BCUT2D eigenvalue weighted by Crippen LogP contribution is -2.43. The van der Waals surface area contributed by atoms with Crippen molar-refractivity contribution >= 4 is 29.1 Å². The molecule has 3 aliphatic rings. The topological polar surface area (TPSA) is 109 Å². The quantitative estimate of drug-likeness (QED) is 0.641. The number of rotatable bonds is 6. The van der Waals surface area contributed by atoms with E-state index in [0.717, 1.165) is 5.56 Å². The number of nitrogens with one attached hydrogen (secondary N) is 1. The van der Waals surface area contributed by atoms with E-state index in [-0.39, 0.29) is 17.7 Å². The van der Waals surface area contributed by atoms with Gasteiger partial charge in [-0.3, -0.25) is 14.4 Å². The molecule has 8 nitrogen and oxygen atoms in total. The molecule has 0 radical (unpaired) electrons. The van der Waals surface area contributed by atoms with Crippen LogP contribution in [0.5, 0.6) is 5.75 Å².